The van der Waals surface area contributed by atoms with Gasteiger partial charge < -0.3 is 5.32 Å². The first-order chi connectivity index (χ1) is 11.1. The van der Waals surface area contributed by atoms with Gasteiger partial charge >= 0.3 is 0 Å². The number of nitro benzene ring substituents is 1. The van der Waals surface area contributed by atoms with Crippen LogP contribution in [0.5, 0.6) is 0 Å². The summed E-state index contributed by atoms with van der Waals surface area (Å²) in [5.74, 6) is -0.366. The second-order valence-electron chi connectivity index (χ2n) is 5.28. The van der Waals surface area contributed by atoms with Crippen molar-refractivity contribution in [2.45, 2.75) is 25.7 Å². The Labute approximate surface area is 136 Å². The third kappa shape index (κ3) is 2.94. The monoisotopic (exact) mass is 327 g/mol. The molecule has 0 bridgehead atoms. The summed E-state index contributed by atoms with van der Waals surface area (Å²) in [5.41, 5.74) is 1.87. The Morgan fingerprint density at radius 1 is 1.26 bits per heavy atom. The SMILES string of the molecule is N#Cc1c(NC(=O)c2ccc([N+](=O)[O-])cc2)sc2c1CCCC2. The topological polar surface area (TPSA) is 96.0 Å². The first-order valence-corrected chi connectivity index (χ1v) is 8.02. The van der Waals surface area contributed by atoms with Gasteiger partial charge in [-0.25, -0.2) is 0 Å². The maximum Gasteiger partial charge on any atom is 0.269 e. The van der Waals surface area contributed by atoms with Crippen molar-refractivity contribution >= 4 is 27.9 Å². The molecule has 23 heavy (non-hydrogen) atoms. The van der Waals surface area contributed by atoms with Crippen molar-refractivity contribution < 1.29 is 9.72 Å². The summed E-state index contributed by atoms with van der Waals surface area (Å²) in [6, 6.07) is 7.59. The van der Waals surface area contributed by atoms with E-state index in [1.54, 1.807) is 0 Å². The highest BCUT2D eigenvalue weighted by atomic mass is 32.1. The third-order valence-corrected chi connectivity index (χ3v) is 5.06. The van der Waals surface area contributed by atoms with Crippen molar-refractivity contribution in [2.24, 2.45) is 0 Å². The van der Waals surface area contributed by atoms with Crippen molar-refractivity contribution in [2.75, 3.05) is 5.32 Å². The summed E-state index contributed by atoms with van der Waals surface area (Å²) in [6.07, 6.45) is 3.99. The number of non-ortho nitro benzene ring substituents is 1. The molecule has 6 nitrogen and oxygen atoms in total. The average molecular weight is 327 g/mol. The highest BCUT2D eigenvalue weighted by Crippen LogP contribution is 2.37. The van der Waals surface area contributed by atoms with Crippen LogP contribution in [-0.2, 0) is 12.8 Å². The molecule has 0 atom stereocenters. The van der Waals surface area contributed by atoms with Crippen LogP contribution in [-0.4, -0.2) is 10.8 Å². The number of thiophene rings is 1. The molecule has 1 aromatic carbocycles. The summed E-state index contributed by atoms with van der Waals surface area (Å²) < 4.78 is 0. The van der Waals surface area contributed by atoms with Crippen LogP contribution in [0.1, 0.15) is 39.2 Å². The van der Waals surface area contributed by atoms with Crippen LogP contribution >= 0.6 is 11.3 Å². The van der Waals surface area contributed by atoms with Crippen LogP contribution in [0.15, 0.2) is 24.3 Å². The Hall–Kier alpha value is -2.72. The summed E-state index contributed by atoms with van der Waals surface area (Å²) in [7, 11) is 0. The first-order valence-electron chi connectivity index (χ1n) is 7.20. The number of carbonyl (C=O) groups is 1. The molecule has 1 aliphatic carbocycles. The molecular formula is C16H13N3O3S. The Balaban J connectivity index is 1.84. The van der Waals surface area contributed by atoms with E-state index < -0.39 is 4.92 Å². The number of nitro groups is 1. The minimum absolute atomic E-state index is 0.0640. The number of carbonyl (C=O) groups excluding carboxylic acids is 1. The Morgan fingerprint density at radius 3 is 2.61 bits per heavy atom. The van der Waals surface area contributed by atoms with Crippen LogP contribution in [0.2, 0.25) is 0 Å². The molecular weight excluding hydrogens is 314 g/mol. The maximum absolute atomic E-state index is 12.3. The first kappa shape index (κ1) is 15.2. The van der Waals surface area contributed by atoms with Crippen LogP contribution < -0.4 is 5.32 Å². The van der Waals surface area contributed by atoms with Gasteiger partial charge in [0.2, 0.25) is 0 Å². The second kappa shape index (κ2) is 6.18. The van der Waals surface area contributed by atoms with E-state index in [1.165, 1.54) is 40.5 Å². The number of hydrogen-bond donors (Lipinski definition) is 1. The standard InChI is InChI=1S/C16H13N3O3S/c17-9-13-12-3-1-2-4-14(12)23-16(13)18-15(20)10-5-7-11(8-6-10)19(21)22/h5-8H,1-4H2,(H,18,20). The molecule has 116 valence electrons. The van der Waals surface area contributed by atoms with Crippen molar-refractivity contribution in [3.63, 3.8) is 0 Å². The summed E-state index contributed by atoms with van der Waals surface area (Å²) in [6.45, 7) is 0. The molecule has 2 aromatic rings. The number of nitriles is 1. The van der Waals surface area contributed by atoms with Gasteiger partial charge in [0.15, 0.2) is 0 Å². The van der Waals surface area contributed by atoms with E-state index in [0.29, 0.717) is 16.1 Å². The molecule has 0 saturated heterocycles. The van der Waals surface area contributed by atoms with Crippen LogP contribution in [0.4, 0.5) is 10.7 Å². The minimum Gasteiger partial charge on any atom is -0.312 e. The van der Waals surface area contributed by atoms with Gasteiger partial charge in [-0.1, -0.05) is 0 Å². The van der Waals surface area contributed by atoms with Gasteiger partial charge in [0.1, 0.15) is 11.1 Å². The molecule has 7 heteroatoms. The van der Waals surface area contributed by atoms with Gasteiger partial charge in [-0.15, -0.1) is 11.3 Å². The number of benzene rings is 1. The predicted molar refractivity (Wildman–Crippen MR) is 86.7 cm³/mol. The number of rotatable bonds is 3. The Bertz CT molecular complexity index is 818. The molecule has 1 amide bonds. The lowest BCUT2D eigenvalue weighted by Gasteiger charge is -2.09. The molecule has 0 aliphatic heterocycles. The quantitative estimate of drug-likeness (QED) is 0.687. The zero-order chi connectivity index (χ0) is 16.4. The van der Waals surface area contributed by atoms with Crippen molar-refractivity contribution in [1.29, 1.82) is 5.26 Å². The summed E-state index contributed by atoms with van der Waals surface area (Å²) >= 11 is 1.45. The van der Waals surface area contributed by atoms with Crippen molar-refractivity contribution in [3.05, 3.63) is 55.9 Å². The Kier molecular flexibility index (Phi) is 4.08. The largest absolute Gasteiger partial charge is 0.312 e. The molecule has 1 heterocycles. The number of fused-ring (bicyclic) bond motifs is 1. The Morgan fingerprint density at radius 2 is 1.96 bits per heavy atom. The zero-order valence-corrected chi connectivity index (χ0v) is 13.0. The second-order valence-corrected chi connectivity index (χ2v) is 6.39. The number of amides is 1. The zero-order valence-electron chi connectivity index (χ0n) is 12.2. The van der Waals surface area contributed by atoms with Gasteiger partial charge in [-0.05, 0) is 43.4 Å². The fourth-order valence-electron chi connectivity index (χ4n) is 2.68. The van der Waals surface area contributed by atoms with E-state index in [4.69, 9.17) is 0 Å². The van der Waals surface area contributed by atoms with Crippen LogP contribution in [0.25, 0.3) is 0 Å². The van der Waals surface area contributed by atoms with Gasteiger partial charge in [0.25, 0.3) is 11.6 Å². The highest BCUT2D eigenvalue weighted by Gasteiger charge is 2.22. The predicted octanol–water partition coefficient (Wildman–Crippen LogP) is 3.66. The fraction of sp³-hybridized carbons (Fsp3) is 0.250. The normalized spacial score (nSPS) is 13.0. The van der Waals surface area contributed by atoms with E-state index in [1.807, 2.05) is 0 Å². The highest BCUT2D eigenvalue weighted by molar-refractivity contribution is 7.16. The van der Waals surface area contributed by atoms with Gasteiger partial charge in [0, 0.05) is 22.6 Å². The summed E-state index contributed by atoms with van der Waals surface area (Å²) in [5, 5.41) is 23.4. The lowest BCUT2D eigenvalue weighted by molar-refractivity contribution is -0.384. The van der Waals surface area contributed by atoms with Gasteiger partial charge in [-0.3, -0.25) is 14.9 Å². The van der Waals surface area contributed by atoms with Crippen molar-refractivity contribution in [1.82, 2.24) is 0 Å². The molecule has 0 fully saturated rings. The van der Waals surface area contributed by atoms with E-state index in [0.717, 1.165) is 31.2 Å². The average Bonchev–Trinajstić information content (AvgIpc) is 2.91. The number of nitrogens with one attached hydrogen (secondary N) is 1. The molecule has 3 rings (SSSR count). The molecule has 0 saturated carbocycles. The minimum atomic E-state index is -0.511. The maximum atomic E-state index is 12.3. The third-order valence-electron chi connectivity index (χ3n) is 3.85. The molecule has 0 spiro atoms. The molecule has 1 N–H and O–H groups in total. The van der Waals surface area contributed by atoms with Crippen molar-refractivity contribution in [3.8, 4) is 6.07 Å². The van der Waals surface area contributed by atoms with E-state index >= 15 is 0 Å². The number of aryl methyl sites for hydroxylation is 1. The molecule has 1 aliphatic rings. The lowest BCUT2D eigenvalue weighted by Crippen LogP contribution is -2.11. The van der Waals surface area contributed by atoms with Crippen LogP contribution in [0.3, 0.4) is 0 Å². The van der Waals surface area contributed by atoms with Crippen LogP contribution in [0, 0.1) is 21.4 Å². The van der Waals surface area contributed by atoms with E-state index in [2.05, 4.69) is 11.4 Å². The molecule has 1 aromatic heterocycles. The molecule has 0 unspecified atom stereocenters. The van der Waals surface area contributed by atoms with Gasteiger partial charge in [-0.2, -0.15) is 5.26 Å². The van der Waals surface area contributed by atoms with E-state index in [9.17, 15) is 20.2 Å². The lowest BCUT2D eigenvalue weighted by atomic mass is 9.96. The number of hydrogen-bond acceptors (Lipinski definition) is 5. The van der Waals surface area contributed by atoms with E-state index in [-0.39, 0.29) is 11.6 Å². The summed E-state index contributed by atoms with van der Waals surface area (Å²) in [4.78, 5) is 23.6. The fourth-order valence-corrected chi connectivity index (χ4v) is 3.92. The number of nitrogens with zero attached hydrogens (tertiary/aromatic N) is 2. The smallest absolute Gasteiger partial charge is 0.269 e. The number of anilines is 1. The molecule has 0 radical (unpaired) electrons. The van der Waals surface area contributed by atoms with Gasteiger partial charge in [0.05, 0.1) is 10.5 Å².